The van der Waals surface area contributed by atoms with Gasteiger partial charge in [0.25, 0.3) is 0 Å². The van der Waals surface area contributed by atoms with E-state index in [0.29, 0.717) is 65.8 Å². The van der Waals surface area contributed by atoms with Crippen molar-refractivity contribution in [3.8, 4) is 28.3 Å². The second kappa shape index (κ2) is 9.95. The van der Waals surface area contributed by atoms with Crippen molar-refractivity contribution in [1.82, 2.24) is 30.5 Å². The molecule has 1 atom stereocenters. The maximum atomic E-state index is 14.7. The van der Waals surface area contributed by atoms with Crippen molar-refractivity contribution in [2.45, 2.75) is 37.3 Å². The van der Waals surface area contributed by atoms with Gasteiger partial charge in [-0.1, -0.05) is 18.2 Å². The number of nitrogens with zero attached hydrogens (tertiary/aromatic N) is 4. The van der Waals surface area contributed by atoms with Gasteiger partial charge in [0.05, 0.1) is 5.56 Å². The lowest BCUT2D eigenvalue weighted by Crippen LogP contribution is -2.58. The Labute approximate surface area is 251 Å². The van der Waals surface area contributed by atoms with Crippen LogP contribution in [0.15, 0.2) is 66.9 Å². The summed E-state index contributed by atoms with van der Waals surface area (Å²) in [5.74, 6) is -1.23. The number of aromatic nitrogens is 5. The summed E-state index contributed by atoms with van der Waals surface area (Å²) < 4.78 is 8.88. The minimum atomic E-state index is -1.05. The monoisotopic (exact) mass is 587 g/mol. The predicted octanol–water partition coefficient (Wildman–Crippen LogP) is 4.12. The Hall–Kier alpha value is -5.16. The molecule has 3 aliphatic rings. The maximum Gasteiger partial charge on any atom is 0.248 e. The number of primary amides is 1. The SMILES string of the molecule is NC(=O)c1cccc(-c2ccc3c(c2)C(=O)[C@@H](C(=O)c2cc(-c4nnn[nH]4)c4ccn(C5CC5)c4c2)C2(CCNCC2)O3)c1. The van der Waals surface area contributed by atoms with Gasteiger partial charge >= 0.3 is 0 Å². The van der Waals surface area contributed by atoms with E-state index >= 15 is 0 Å². The number of hydrogen-bond acceptors (Lipinski definition) is 8. The van der Waals surface area contributed by atoms with Gasteiger partial charge < -0.3 is 20.4 Å². The Morgan fingerprint density at radius 2 is 1.77 bits per heavy atom. The van der Waals surface area contributed by atoms with Crippen molar-refractivity contribution in [2.75, 3.05) is 13.1 Å². The van der Waals surface area contributed by atoms with Crippen LogP contribution < -0.4 is 15.8 Å². The largest absolute Gasteiger partial charge is 0.485 e. The molecular weight excluding hydrogens is 558 g/mol. The molecule has 4 heterocycles. The molecule has 2 fully saturated rings. The van der Waals surface area contributed by atoms with Gasteiger partial charge in [-0.25, -0.2) is 5.10 Å². The molecule has 1 spiro atoms. The number of benzene rings is 3. The summed E-state index contributed by atoms with van der Waals surface area (Å²) in [5, 5.41) is 18.8. The number of ketones is 2. The number of Topliss-reactive ketones (excluding diaryl/α,β-unsaturated/α-hetero) is 2. The van der Waals surface area contributed by atoms with E-state index in [1.54, 1.807) is 36.4 Å². The van der Waals surface area contributed by atoms with Crippen LogP contribution in [0.5, 0.6) is 5.75 Å². The number of rotatable bonds is 6. The number of carbonyl (C=O) groups is 3. The van der Waals surface area contributed by atoms with E-state index < -0.39 is 17.4 Å². The lowest BCUT2D eigenvalue weighted by Gasteiger charge is -2.45. The summed E-state index contributed by atoms with van der Waals surface area (Å²) >= 11 is 0. The summed E-state index contributed by atoms with van der Waals surface area (Å²) in [6.07, 6.45) is 5.21. The van der Waals surface area contributed by atoms with Crippen molar-refractivity contribution < 1.29 is 19.1 Å². The molecule has 1 saturated heterocycles. The van der Waals surface area contributed by atoms with Gasteiger partial charge in [0.2, 0.25) is 5.91 Å². The van der Waals surface area contributed by atoms with Crippen LogP contribution in [0.1, 0.15) is 62.8 Å². The van der Waals surface area contributed by atoms with Crippen LogP contribution in [-0.4, -0.2) is 61.4 Å². The Balaban J connectivity index is 1.25. The fraction of sp³-hybridized carbons (Fsp3) is 0.273. The average Bonchev–Trinajstić information content (AvgIpc) is 3.55. The van der Waals surface area contributed by atoms with E-state index in [0.717, 1.165) is 34.9 Å². The molecule has 1 amide bonds. The molecule has 2 aliphatic heterocycles. The van der Waals surface area contributed by atoms with E-state index in [1.807, 2.05) is 30.5 Å². The van der Waals surface area contributed by atoms with Crippen LogP contribution >= 0.6 is 0 Å². The van der Waals surface area contributed by atoms with Crippen LogP contribution in [-0.2, 0) is 0 Å². The summed E-state index contributed by atoms with van der Waals surface area (Å²) in [4.78, 5) is 41.1. The van der Waals surface area contributed by atoms with Crippen molar-refractivity contribution in [3.63, 3.8) is 0 Å². The zero-order chi connectivity index (χ0) is 30.0. The van der Waals surface area contributed by atoms with Crippen molar-refractivity contribution in [3.05, 3.63) is 83.6 Å². The highest BCUT2D eigenvalue weighted by atomic mass is 16.5. The molecule has 11 heteroatoms. The molecule has 11 nitrogen and oxygen atoms in total. The molecule has 220 valence electrons. The number of piperidine rings is 1. The second-order valence-electron chi connectivity index (χ2n) is 11.9. The summed E-state index contributed by atoms with van der Waals surface area (Å²) in [5.41, 5.74) is 8.72. The Morgan fingerprint density at radius 1 is 0.955 bits per heavy atom. The molecule has 1 aliphatic carbocycles. The van der Waals surface area contributed by atoms with Gasteiger partial charge in [-0.05, 0) is 89.9 Å². The van der Waals surface area contributed by atoms with Crippen molar-refractivity contribution in [1.29, 1.82) is 0 Å². The first-order valence-corrected chi connectivity index (χ1v) is 14.8. The van der Waals surface area contributed by atoms with Crippen LogP contribution in [0.25, 0.3) is 33.4 Å². The smallest absolute Gasteiger partial charge is 0.248 e. The molecule has 0 bridgehead atoms. The highest BCUT2D eigenvalue weighted by Gasteiger charge is 2.54. The number of tetrazole rings is 1. The fourth-order valence-corrected chi connectivity index (χ4v) is 6.83. The number of H-pyrrole nitrogens is 1. The third-order valence-electron chi connectivity index (χ3n) is 9.20. The summed E-state index contributed by atoms with van der Waals surface area (Å²) in [6, 6.07) is 18.4. The predicted molar refractivity (Wildman–Crippen MR) is 161 cm³/mol. The van der Waals surface area contributed by atoms with Crippen molar-refractivity contribution >= 4 is 28.4 Å². The first kappa shape index (κ1) is 26.5. The van der Waals surface area contributed by atoms with Gasteiger partial charge in [-0.15, -0.1) is 5.10 Å². The number of hydrogen-bond donors (Lipinski definition) is 3. The maximum absolute atomic E-state index is 14.7. The number of ether oxygens (including phenoxy) is 1. The molecule has 5 aromatic rings. The quantitative estimate of drug-likeness (QED) is 0.198. The first-order valence-electron chi connectivity index (χ1n) is 14.8. The summed E-state index contributed by atoms with van der Waals surface area (Å²) in [6.45, 7) is 1.26. The molecule has 0 radical (unpaired) electrons. The number of amides is 1. The topological polar surface area (TPSA) is 158 Å². The van der Waals surface area contributed by atoms with E-state index in [1.165, 1.54) is 0 Å². The van der Waals surface area contributed by atoms with Crippen LogP contribution in [0, 0.1) is 5.92 Å². The number of fused-ring (bicyclic) bond motifs is 2. The van der Waals surface area contributed by atoms with Gasteiger partial charge in [-0.3, -0.25) is 14.4 Å². The van der Waals surface area contributed by atoms with E-state index in [4.69, 9.17) is 10.5 Å². The van der Waals surface area contributed by atoms with E-state index in [2.05, 4.69) is 30.5 Å². The average molecular weight is 588 g/mol. The molecule has 1 saturated carbocycles. The van der Waals surface area contributed by atoms with Crippen molar-refractivity contribution in [2.24, 2.45) is 11.7 Å². The molecule has 44 heavy (non-hydrogen) atoms. The Morgan fingerprint density at radius 3 is 2.52 bits per heavy atom. The zero-order valence-electron chi connectivity index (χ0n) is 23.7. The number of aromatic amines is 1. The Kier molecular flexibility index (Phi) is 5.99. The zero-order valence-corrected chi connectivity index (χ0v) is 23.7. The lowest BCUT2D eigenvalue weighted by molar-refractivity contribution is -0.0138. The fourth-order valence-electron chi connectivity index (χ4n) is 6.83. The first-order chi connectivity index (χ1) is 21.4. The molecule has 0 unspecified atom stereocenters. The number of nitrogens with two attached hydrogens (primary N) is 1. The Bertz CT molecular complexity index is 1970. The molecular formula is C33H29N7O4. The highest BCUT2D eigenvalue weighted by Crippen LogP contribution is 2.46. The van der Waals surface area contributed by atoms with Gasteiger partial charge in [0.15, 0.2) is 17.4 Å². The molecule has 2 aromatic heterocycles. The van der Waals surface area contributed by atoms with E-state index in [9.17, 15) is 14.4 Å². The van der Waals surface area contributed by atoms with Gasteiger partial charge in [0, 0.05) is 52.7 Å². The third kappa shape index (κ3) is 4.22. The standard InChI is InChI=1S/C33H29N7O4/c34-31(43)20-3-1-2-18(14-20)19-4-7-27-25(15-19)30(42)28(33(44-27)9-11-35-12-10-33)29(41)21-16-24(32-36-38-39-37-32)23-8-13-40(22-5-6-22)26(23)17-21/h1-4,7-8,13-17,22,28,35H,5-6,9-12H2,(H2,34,43)(H,36,37,38,39)/t28-/m1/s1. The van der Waals surface area contributed by atoms with Gasteiger partial charge in [-0.2, -0.15) is 0 Å². The van der Waals surface area contributed by atoms with Crippen LogP contribution in [0.3, 0.4) is 0 Å². The number of nitrogens with one attached hydrogen (secondary N) is 2. The summed E-state index contributed by atoms with van der Waals surface area (Å²) in [7, 11) is 0. The molecule has 8 rings (SSSR count). The molecule has 4 N–H and O–H groups in total. The normalized spacial score (nSPS) is 19.1. The van der Waals surface area contributed by atoms with Crippen LogP contribution in [0.2, 0.25) is 0 Å². The minimum absolute atomic E-state index is 0.272. The third-order valence-corrected chi connectivity index (χ3v) is 9.20. The molecule has 3 aromatic carbocycles. The van der Waals surface area contributed by atoms with Crippen LogP contribution in [0.4, 0.5) is 0 Å². The van der Waals surface area contributed by atoms with E-state index in [-0.39, 0.29) is 11.6 Å². The number of carbonyl (C=O) groups excluding carboxylic acids is 3. The second-order valence-corrected chi connectivity index (χ2v) is 11.9. The lowest BCUT2D eigenvalue weighted by atomic mass is 9.70. The minimum Gasteiger partial charge on any atom is -0.485 e. The van der Waals surface area contributed by atoms with Gasteiger partial charge in [0.1, 0.15) is 17.3 Å². The highest BCUT2D eigenvalue weighted by molar-refractivity contribution is 6.20.